The molecule has 0 aliphatic heterocycles. The Morgan fingerprint density at radius 3 is 2.74 bits per heavy atom. The van der Waals surface area contributed by atoms with Crippen LogP contribution in [0.5, 0.6) is 0 Å². The summed E-state index contributed by atoms with van der Waals surface area (Å²) in [6.07, 6.45) is 4.12. The zero-order valence-electron chi connectivity index (χ0n) is 11.0. The fraction of sp³-hybridized carbons (Fsp3) is 0.500. The lowest BCUT2D eigenvalue weighted by molar-refractivity contribution is 0.0698. The van der Waals surface area contributed by atoms with Crippen LogP contribution in [0.1, 0.15) is 43.0 Å². The number of anilines is 2. The fourth-order valence-electron chi connectivity index (χ4n) is 2.26. The lowest BCUT2D eigenvalue weighted by Gasteiger charge is -2.26. The van der Waals surface area contributed by atoms with E-state index in [4.69, 9.17) is 5.73 Å². The van der Waals surface area contributed by atoms with Crippen molar-refractivity contribution in [1.29, 1.82) is 0 Å². The minimum Gasteiger partial charge on any atom is -0.478 e. The summed E-state index contributed by atoms with van der Waals surface area (Å²) in [6, 6.07) is 3.15. The van der Waals surface area contributed by atoms with Gasteiger partial charge in [-0.15, -0.1) is 0 Å². The number of hydrogen-bond acceptors (Lipinski definition) is 3. The van der Waals surface area contributed by atoms with Crippen LogP contribution in [0.4, 0.5) is 15.8 Å². The Bertz CT molecular complexity index is 487. The van der Waals surface area contributed by atoms with Gasteiger partial charge in [0.15, 0.2) is 0 Å². The fourth-order valence-corrected chi connectivity index (χ4v) is 2.26. The maximum atomic E-state index is 13.4. The molecule has 0 atom stereocenters. The molecule has 0 amide bonds. The molecule has 1 fully saturated rings. The van der Waals surface area contributed by atoms with Crippen LogP contribution < -0.4 is 10.6 Å². The van der Waals surface area contributed by atoms with E-state index in [1.54, 1.807) is 0 Å². The number of rotatable bonds is 6. The first kappa shape index (κ1) is 13.6. The van der Waals surface area contributed by atoms with Crippen LogP contribution in [-0.4, -0.2) is 23.7 Å². The highest BCUT2D eigenvalue weighted by Crippen LogP contribution is 2.36. The molecule has 0 spiro atoms. The Morgan fingerprint density at radius 2 is 2.21 bits per heavy atom. The predicted molar refractivity (Wildman–Crippen MR) is 73.0 cm³/mol. The molecular formula is C14H19FN2O2. The number of unbranched alkanes of at least 4 members (excludes halogenated alkanes) is 1. The average molecular weight is 266 g/mol. The molecule has 0 unspecified atom stereocenters. The lowest BCUT2D eigenvalue weighted by Crippen LogP contribution is -2.29. The Hall–Kier alpha value is -1.78. The third kappa shape index (κ3) is 2.80. The van der Waals surface area contributed by atoms with Crippen molar-refractivity contribution in [1.82, 2.24) is 0 Å². The van der Waals surface area contributed by atoms with Crippen molar-refractivity contribution in [2.24, 2.45) is 0 Å². The van der Waals surface area contributed by atoms with Crippen molar-refractivity contribution in [3.05, 3.63) is 23.5 Å². The highest BCUT2D eigenvalue weighted by Gasteiger charge is 2.32. The van der Waals surface area contributed by atoms with Gasteiger partial charge in [0.1, 0.15) is 11.4 Å². The molecule has 1 aliphatic carbocycles. The molecule has 5 heteroatoms. The molecule has 0 bridgehead atoms. The molecule has 0 saturated heterocycles. The second kappa shape index (κ2) is 5.47. The van der Waals surface area contributed by atoms with Crippen molar-refractivity contribution in [2.75, 3.05) is 17.2 Å². The van der Waals surface area contributed by atoms with Crippen LogP contribution in [0, 0.1) is 5.82 Å². The number of carboxylic acids is 1. The smallest absolute Gasteiger partial charge is 0.340 e. The van der Waals surface area contributed by atoms with Gasteiger partial charge in [-0.2, -0.15) is 0 Å². The number of nitrogen functional groups attached to an aromatic ring is 1. The number of benzene rings is 1. The summed E-state index contributed by atoms with van der Waals surface area (Å²) in [4.78, 5) is 13.4. The Kier molecular flexibility index (Phi) is 3.93. The predicted octanol–water partition coefficient (Wildman–Crippen LogP) is 2.88. The molecule has 104 valence electrons. The van der Waals surface area contributed by atoms with E-state index >= 15 is 0 Å². The first-order valence-corrected chi connectivity index (χ1v) is 6.64. The third-order valence-corrected chi connectivity index (χ3v) is 3.43. The van der Waals surface area contributed by atoms with Crippen LogP contribution in [0.25, 0.3) is 0 Å². The summed E-state index contributed by atoms with van der Waals surface area (Å²) < 4.78 is 13.4. The van der Waals surface area contributed by atoms with E-state index in [1.165, 1.54) is 12.1 Å². The number of nitrogens with two attached hydrogens (primary N) is 1. The van der Waals surface area contributed by atoms with E-state index in [-0.39, 0.29) is 11.3 Å². The quantitative estimate of drug-likeness (QED) is 0.777. The van der Waals surface area contributed by atoms with Gasteiger partial charge < -0.3 is 15.7 Å². The standard InChI is InChI=1S/C14H19FN2O2/c1-2-3-8-17(9-4-5-9)11-7-6-10(15)13(16)12(11)14(18)19/h6-7,9H,2-5,8,16H2,1H3,(H,18,19). The maximum Gasteiger partial charge on any atom is 0.340 e. The molecule has 0 radical (unpaired) electrons. The van der Waals surface area contributed by atoms with E-state index in [2.05, 4.69) is 11.8 Å². The Labute approximate surface area is 112 Å². The van der Waals surface area contributed by atoms with Gasteiger partial charge in [-0.25, -0.2) is 9.18 Å². The topological polar surface area (TPSA) is 66.6 Å². The zero-order chi connectivity index (χ0) is 14.0. The Balaban J connectivity index is 2.41. The first-order valence-electron chi connectivity index (χ1n) is 6.64. The molecule has 2 rings (SSSR count). The average Bonchev–Trinajstić information content (AvgIpc) is 3.18. The van der Waals surface area contributed by atoms with E-state index in [1.807, 2.05) is 0 Å². The second-order valence-electron chi connectivity index (χ2n) is 4.94. The summed E-state index contributed by atoms with van der Waals surface area (Å²) in [5.74, 6) is -1.85. The summed E-state index contributed by atoms with van der Waals surface area (Å²) in [7, 11) is 0. The monoisotopic (exact) mass is 266 g/mol. The normalized spacial score (nSPS) is 14.4. The number of hydrogen-bond donors (Lipinski definition) is 2. The third-order valence-electron chi connectivity index (χ3n) is 3.43. The molecule has 4 nitrogen and oxygen atoms in total. The summed E-state index contributed by atoms with van der Waals surface area (Å²) >= 11 is 0. The first-order chi connectivity index (χ1) is 9.06. The van der Waals surface area contributed by atoms with Crippen LogP contribution in [-0.2, 0) is 0 Å². The van der Waals surface area contributed by atoms with Crippen LogP contribution >= 0.6 is 0 Å². The van der Waals surface area contributed by atoms with Crippen molar-refractivity contribution in [2.45, 2.75) is 38.6 Å². The summed E-state index contributed by atoms with van der Waals surface area (Å²) in [5.41, 5.74) is 5.75. The highest BCUT2D eigenvalue weighted by molar-refractivity contribution is 6.00. The number of carbonyl (C=O) groups is 1. The molecule has 0 aromatic heterocycles. The molecule has 1 saturated carbocycles. The molecule has 3 N–H and O–H groups in total. The van der Waals surface area contributed by atoms with Gasteiger partial charge in [0.25, 0.3) is 0 Å². The largest absolute Gasteiger partial charge is 0.478 e. The highest BCUT2D eigenvalue weighted by atomic mass is 19.1. The minimum atomic E-state index is -1.17. The Morgan fingerprint density at radius 1 is 1.53 bits per heavy atom. The van der Waals surface area contributed by atoms with E-state index in [0.29, 0.717) is 11.7 Å². The van der Waals surface area contributed by atoms with Crippen LogP contribution in [0.2, 0.25) is 0 Å². The van der Waals surface area contributed by atoms with Crippen LogP contribution in [0.3, 0.4) is 0 Å². The SMILES string of the molecule is CCCCN(c1ccc(F)c(N)c1C(=O)O)C1CC1. The van der Waals surface area contributed by atoms with Crippen LogP contribution in [0.15, 0.2) is 12.1 Å². The molecular weight excluding hydrogens is 247 g/mol. The van der Waals surface area contributed by atoms with Gasteiger partial charge >= 0.3 is 5.97 Å². The number of carboxylic acid groups (broad SMARTS) is 1. The van der Waals surface area contributed by atoms with E-state index < -0.39 is 11.8 Å². The molecule has 19 heavy (non-hydrogen) atoms. The maximum absolute atomic E-state index is 13.4. The number of halogens is 1. The summed E-state index contributed by atoms with van der Waals surface area (Å²) in [5, 5.41) is 9.27. The minimum absolute atomic E-state index is 0.108. The van der Waals surface area contributed by atoms with Gasteiger partial charge in [-0.05, 0) is 31.4 Å². The van der Waals surface area contributed by atoms with Gasteiger partial charge in [0.05, 0.1) is 11.4 Å². The van der Waals surface area contributed by atoms with E-state index in [9.17, 15) is 14.3 Å². The van der Waals surface area contributed by atoms with Gasteiger partial charge in [-0.1, -0.05) is 13.3 Å². The van der Waals surface area contributed by atoms with Gasteiger partial charge in [0, 0.05) is 12.6 Å². The number of nitrogens with zero attached hydrogens (tertiary/aromatic N) is 1. The molecule has 1 aromatic rings. The van der Waals surface area contributed by atoms with Crippen molar-refractivity contribution in [3.63, 3.8) is 0 Å². The van der Waals surface area contributed by atoms with Gasteiger partial charge in [0.2, 0.25) is 0 Å². The molecule has 1 aromatic carbocycles. The summed E-state index contributed by atoms with van der Waals surface area (Å²) in [6.45, 7) is 2.87. The van der Waals surface area contributed by atoms with Crippen molar-refractivity contribution in [3.8, 4) is 0 Å². The molecule has 1 aliphatic rings. The lowest BCUT2D eigenvalue weighted by atomic mass is 10.1. The second-order valence-corrected chi connectivity index (χ2v) is 4.94. The van der Waals surface area contributed by atoms with Crippen molar-refractivity contribution >= 4 is 17.3 Å². The van der Waals surface area contributed by atoms with E-state index in [0.717, 1.165) is 32.2 Å². The number of aromatic carboxylic acids is 1. The molecule has 0 heterocycles. The van der Waals surface area contributed by atoms with Gasteiger partial charge in [-0.3, -0.25) is 0 Å². The van der Waals surface area contributed by atoms with Crippen molar-refractivity contribution < 1.29 is 14.3 Å². The zero-order valence-corrected chi connectivity index (χ0v) is 11.0.